The van der Waals surface area contributed by atoms with Crippen LogP contribution in [0.4, 0.5) is 0 Å². The van der Waals surface area contributed by atoms with Crippen LogP contribution in [-0.4, -0.2) is 43.8 Å². The highest BCUT2D eigenvalue weighted by atomic mass is 16.5. The van der Waals surface area contributed by atoms with Crippen molar-refractivity contribution in [3.05, 3.63) is 35.9 Å². The van der Waals surface area contributed by atoms with Gasteiger partial charge < -0.3 is 10.1 Å². The molecule has 2 unspecified atom stereocenters. The highest BCUT2D eigenvalue weighted by Gasteiger charge is 2.27. The molecule has 1 aromatic carbocycles. The van der Waals surface area contributed by atoms with E-state index >= 15 is 0 Å². The lowest BCUT2D eigenvalue weighted by molar-refractivity contribution is 0.0249. The van der Waals surface area contributed by atoms with Crippen molar-refractivity contribution in [3.63, 3.8) is 0 Å². The largest absolute Gasteiger partial charge is 0.381 e. The standard InChI is InChI=1S/C17H28N2O/c1-4-18-17(15-8-6-5-7-9-15)14(2)19(3)16-10-12-20-13-11-16/h5-9,14,16-18H,4,10-13H2,1-3H3. The first-order valence-electron chi connectivity index (χ1n) is 7.82. The van der Waals surface area contributed by atoms with Crippen molar-refractivity contribution in [3.8, 4) is 0 Å². The molecule has 1 heterocycles. The van der Waals surface area contributed by atoms with Gasteiger partial charge >= 0.3 is 0 Å². The molecule has 1 saturated heterocycles. The second-order valence-electron chi connectivity index (χ2n) is 5.70. The SMILES string of the molecule is CCNC(c1ccccc1)C(C)N(C)C1CCOCC1. The van der Waals surface area contributed by atoms with Crippen molar-refractivity contribution in [1.29, 1.82) is 0 Å². The highest BCUT2D eigenvalue weighted by molar-refractivity contribution is 5.20. The smallest absolute Gasteiger partial charge is 0.0480 e. The Labute approximate surface area is 123 Å². The fourth-order valence-electron chi connectivity index (χ4n) is 3.11. The van der Waals surface area contributed by atoms with Gasteiger partial charge in [-0.25, -0.2) is 0 Å². The second-order valence-corrected chi connectivity index (χ2v) is 5.70. The van der Waals surface area contributed by atoms with Crippen LogP contribution in [0.3, 0.4) is 0 Å². The molecule has 112 valence electrons. The number of hydrogen-bond acceptors (Lipinski definition) is 3. The molecule has 1 N–H and O–H groups in total. The summed E-state index contributed by atoms with van der Waals surface area (Å²) in [5, 5.41) is 3.65. The highest BCUT2D eigenvalue weighted by Crippen LogP contribution is 2.24. The van der Waals surface area contributed by atoms with E-state index < -0.39 is 0 Å². The van der Waals surface area contributed by atoms with Crippen LogP contribution in [0.2, 0.25) is 0 Å². The Kier molecular flexibility index (Phi) is 6.02. The maximum absolute atomic E-state index is 5.48. The van der Waals surface area contributed by atoms with Gasteiger partial charge in [0.2, 0.25) is 0 Å². The number of nitrogens with one attached hydrogen (secondary N) is 1. The van der Waals surface area contributed by atoms with E-state index in [-0.39, 0.29) is 0 Å². The van der Waals surface area contributed by atoms with Crippen molar-refractivity contribution >= 4 is 0 Å². The molecule has 0 spiro atoms. The number of hydrogen-bond donors (Lipinski definition) is 1. The summed E-state index contributed by atoms with van der Waals surface area (Å²) in [6.07, 6.45) is 2.29. The Hall–Kier alpha value is -0.900. The molecule has 1 aliphatic heterocycles. The Balaban J connectivity index is 2.07. The minimum Gasteiger partial charge on any atom is -0.381 e. The molecule has 0 saturated carbocycles. The summed E-state index contributed by atoms with van der Waals surface area (Å²) in [4.78, 5) is 2.53. The predicted octanol–water partition coefficient (Wildman–Crippen LogP) is 2.84. The summed E-state index contributed by atoms with van der Waals surface area (Å²) in [5.74, 6) is 0. The predicted molar refractivity (Wildman–Crippen MR) is 83.9 cm³/mol. The summed E-state index contributed by atoms with van der Waals surface area (Å²) in [7, 11) is 2.26. The van der Waals surface area contributed by atoms with Crippen LogP contribution in [0.1, 0.15) is 38.3 Å². The van der Waals surface area contributed by atoms with E-state index in [0.717, 1.165) is 32.6 Å². The number of likely N-dealkylation sites (N-methyl/N-ethyl adjacent to an activating group) is 2. The molecule has 1 aliphatic rings. The molecule has 2 atom stereocenters. The molecule has 1 fully saturated rings. The Morgan fingerprint density at radius 2 is 1.90 bits per heavy atom. The minimum atomic E-state index is 0.383. The summed E-state index contributed by atoms with van der Waals surface area (Å²) in [5.41, 5.74) is 1.38. The van der Waals surface area contributed by atoms with Crippen molar-refractivity contribution < 1.29 is 4.74 Å². The van der Waals surface area contributed by atoms with Gasteiger partial charge in [0.05, 0.1) is 0 Å². The summed E-state index contributed by atoms with van der Waals surface area (Å²) in [6.45, 7) is 7.30. The molecule has 0 aromatic heterocycles. The van der Waals surface area contributed by atoms with Gasteiger partial charge in [-0.2, -0.15) is 0 Å². The van der Waals surface area contributed by atoms with Crippen molar-refractivity contribution in [2.24, 2.45) is 0 Å². The van der Waals surface area contributed by atoms with Crippen molar-refractivity contribution in [2.75, 3.05) is 26.8 Å². The zero-order valence-electron chi connectivity index (χ0n) is 13.0. The zero-order valence-corrected chi connectivity index (χ0v) is 13.0. The number of nitrogens with zero attached hydrogens (tertiary/aromatic N) is 1. The molecule has 3 nitrogen and oxygen atoms in total. The molecule has 2 rings (SSSR count). The van der Waals surface area contributed by atoms with Crippen LogP contribution in [0, 0.1) is 0 Å². The van der Waals surface area contributed by atoms with Gasteiger partial charge in [0.1, 0.15) is 0 Å². The van der Waals surface area contributed by atoms with Gasteiger partial charge in [-0.05, 0) is 38.9 Å². The van der Waals surface area contributed by atoms with Crippen molar-refractivity contribution in [1.82, 2.24) is 10.2 Å². The van der Waals surface area contributed by atoms with Crippen LogP contribution in [-0.2, 0) is 4.74 Å². The third kappa shape index (κ3) is 3.81. The average molecular weight is 276 g/mol. The van der Waals surface area contributed by atoms with E-state index in [0.29, 0.717) is 18.1 Å². The quantitative estimate of drug-likeness (QED) is 0.864. The molecule has 0 radical (unpaired) electrons. The van der Waals surface area contributed by atoms with Gasteiger partial charge in [-0.15, -0.1) is 0 Å². The van der Waals surface area contributed by atoms with E-state index in [4.69, 9.17) is 4.74 Å². The van der Waals surface area contributed by atoms with E-state index in [9.17, 15) is 0 Å². The lowest BCUT2D eigenvalue weighted by Crippen LogP contribution is -2.47. The first kappa shape index (κ1) is 15.5. The van der Waals surface area contributed by atoms with Gasteiger partial charge in [-0.3, -0.25) is 4.90 Å². The van der Waals surface area contributed by atoms with Gasteiger partial charge in [0, 0.05) is 31.3 Å². The summed E-state index contributed by atoms with van der Waals surface area (Å²) < 4.78 is 5.48. The topological polar surface area (TPSA) is 24.5 Å². The van der Waals surface area contributed by atoms with Crippen LogP contribution in [0.15, 0.2) is 30.3 Å². The second kappa shape index (κ2) is 7.77. The van der Waals surface area contributed by atoms with Gasteiger partial charge in [-0.1, -0.05) is 37.3 Å². The monoisotopic (exact) mass is 276 g/mol. The van der Waals surface area contributed by atoms with Crippen LogP contribution in [0.25, 0.3) is 0 Å². The fourth-order valence-corrected chi connectivity index (χ4v) is 3.11. The maximum atomic E-state index is 5.48. The maximum Gasteiger partial charge on any atom is 0.0480 e. The van der Waals surface area contributed by atoms with Crippen molar-refractivity contribution in [2.45, 2.75) is 44.8 Å². The summed E-state index contributed by atoms with van der Waals surface area (Å²) in [6, 6.07) is 12.3. The van der Waals surface area contributed by atoms with Crippen LogP contribution in [0.5, 0.6) is 0 Å². The van der Waals surface area contributed by atoms with Gasteiger partial charge in [0.25, 0.3) is 0 Å². The molecular weight excluding hydrogens is 248 g/mol. The van der Waals surface area contributed by atoms with Crippen LogP contribution < -0.4 is 5.32 Å². The molecule has 0 aliphatic carbocycles. The van der Waals surface area contributed by atoms with Crippen LogP contribution >= 0.6 is 0 Å². The lowest BCUT2D eigenvalue weighted by Gasteiger charge is -2.39. The van der Waals surface area contributed by atoms with E-state index in [1.165, 1.54) is 5.56 Å². The normalized spacial score (nSPS) is 20.0. The third-order valence-corrected chi connectivity index (χ3v) is 4.47. The zero-order chi connectivity index (χ0) is 14.4. The molecular formula is C17H28N2O. The number of ether oxygens (including phenoxy) is 1. The molecule has 0 bridgehead atoms. The fraction of sp³-hybridized carbons (Fsp3) is 0.647. The lowest BCUT2D eigenvalue weighted by atomic mass is 9.96. The third-order valence-electron chi connectivity index (χ3n) is 4.47. The molecule has 3 heteroatoms. The Morgan fingerprint density at radius 1 is 1.25 bits per heavy atom. The first-order chi connectivity index (χ1) is 9.74. The molecule has 20 heavy (non-hydrogen) atoms. The van der Waals surface area contributed by atoms with E-state index in [2.05, 4.69) is 61.4 Å². The molecule has 1 aromatic rings. The van der Waals surface area contributed by atoms with E-state index in [1.54, 1.807) is 0 Å². The molecule has 0 amide bonds. The Bertz CT molecular complexity index is 376. The summed E-state index contributed by atoms with van der Waals surface area (Å²) >= 11 is 0. The number of rotatable bonds is 6. The van der Waals surface area contributed by atoms with Gasteiger partial charge in [0.15, 0.2) is 0 Å². The average Bonchev–Trinajstić information content (AvgIpc) is 2.53. The first-order valence-corrected chi connectivity index (χ1v) is 7.82. The minimum absolute atomic E-state index is 0.383. The van der Waals surface area contributed by atoms with E-state index in [1.807, 2.05) is 0 Å². The Morgan fingerprint density at radius 3 is 2.50 bits per heavy atom. The number of benzene rings is 1.